The quantitative estimate of drug-likeness (QED) is 0.574. The van der Waals surface area contributed by atoms with Gasteiger partial charge < -0.3 is 9.30 Å². The van der Waals surface area contributed by atoms with Crippen LogP contribution in [0.15, 0.2) is 42.8 Å². The normalized spacial score (nSPS) is 14.1. The van der Waals surface area contributed by atoms with E-state index in [1.807, 2.05) is 12.3 Å². The summed E-state index contributed by atoms with van der Waals surface area (Å²) in [5, 5.41) is 0. The zero-order valence-electron chi connectivity index (χ0n) is 18.6. The third-order valence-electron chi connectivity index (χ3n) is 4.69. The maximum atomic E-state index is 5.08. The first-order valence-electron chi connectivity index (χ1n) is 10.0. The molecule has 2 aromatic rings. The topological polar surface area (TPSA) is 39.9 Å². The Kier molecular flexibility index (Phi) is 8.93. The second-order valence-corrected chi connectivity index (χ2v) is 8.39. The first kappa shape index (κ1) is 23.2. The molecule has 1 aliphatic carbocycles. The summed E-state index contributed by atoms with van der Waals surface area (Å²) in [4.78, 5) is 11.5. The van der Waals surface area contributed by atoms with Crippen LogP contribution in [-0.4, -0.2) is 28.8 Å². The molecule has 2 aromatic heterocycles. The zero-order valence-corrected chi connectivity index (χ0v) is 19.4. The average Bonchev–Trinajstić information content (AvgIpc) is 3.05. The number of ether oxygens (including phenoxy) is 1. The Morgan fingerprint density at radius 3 is 2.62 bits per heavy atom. The van der Waals surface area contributed by atoms with Gasteiger partial charge in [-0.1, -0.05) is 43.0 Å². The van der Waals surface area contributed by atoms with Gasteiger partial charge in [-0.3, -0.25) is 4.98 Å². The number of methoxy groups -OCH3 is 1. The van der Waals surface area contributed by atoms with Gasteiger partial charge in [-0.05, 0) is 51.2 Å². The van der Waals surface area contributed by atoms with Gasteiger partial charge in [-0.25, -0.2) is 4.98 Å². The van der Waals surface area contributed by atoms with Crippen LogP contribution in [0, 0.1) is 0 Å². The van der Waals surface area contributed by atoms with Crippen molar-refractivity contribution in [2.75, 3.05) is 14.2 Å². The average molecular weight is 412 g/mol. The number of hydrogen-bond donors (Lipinski definition) is 0. The molecule has 5 heteroatoms. The van der Waals surface area contributed by atoms with Crippen LogP contribution in [-0.2, 0) is 18.2 Å². The monoisotopic (exact) mass is 411 g/mol. The molecule has 0 amide bonds. The molecular formula is C24H33N3OS. The second kappa shape index (κ2) is 11.2. The number of imidazole rings is 1. The van der Waals surface area contributed by atoms with Gasteiger partial charge in [0.05, 0.1) is 10.6 Å². The summed E-state index contributed by atoms with van der Waals surface area (Å²) in [5.74, 6) is 1.05. The van der Waals surface area contributed by atoms with Gasteiger partial charge >= 0.3 is 0 Å². The van der Waals surface area contributed by atoms with E-state index in [0.717, 1.165) is 35.6 Å². The number of fused-ring (bicyclic) bond motifs is 1. The molecule has 2 heterocycles. The van der Waals surface area contributed by atoms with Crippen molar-refractivity contribution in [3.05, 3.63) is 65.5 Å². The number of thioether (sulfide) groups is 1. The molecule has 4 nitrogen and oxygen atoms in total. The van der Waals surface area contributed by atoms with E-state index in [1.54, 1.807) is 32.2 Å². The van der Waals surface area contributed by atoms with Crippen LogP contribution in [0.2, 0.25) is 0 Å². The largest absolute Gasteiger partial charge is 0.388 e. The summed E-state index contributed by atoms with van der Waals surface area (Å²) in [7, 11) is 5.40. The molecule has 0 unspecified atom stereocenters. The number of hydrogen-bond acceptors (Lipinski definition) is 4. The van der Waals surface area contributed by atoms with E-state index >= 15 is 0 Å². The van der Waals surface area contributed by atoms with Crippen molar-refractivity contribution in [1.82, 2.24) is 14.5 Å². The van der Waals surface area contributed by atoms with Crippen molar-refractivity contribution in [2.45, 2.75) is 46.5 Å². The fourth-order valence-electron chi connectivity index (χ4n) is 3.37. The predicted molar refractivity (Wildman–Crippen MR) is 126 cm³/mol. The van der Waals surface area contributed by atoms with Gasteiger partial charge in [0.25, 0.3) is 0 Å². The Labute approximate surface area is 179 Å². The summed E-state index contributed by atoms with van der Waals surface area (Å²) >= 11 is 1.69. The van der Waals surface area contributed by atoms with E-state index in [1.165, 1.54) is 33.9 Å². The number of aromatic nitrogens is 3. The van der Waals surface area contributed by atoms with Crippen molar-refractivity contribution >= 4 is 27.1 Å². The molecule has 0 saturated heterocycles. The molecular weight excluding hydrogens is 378 g/mol. The summed E-state index contributed by atoms with van der Waals surface area (Å²) in [6.07, 6.45) is 10.5. The molecule has 3 rings (SSSR count). The summed E-state index contributed by atoms with van der Waals surface area (Å²) < 4.78 is 6.53. The highest BCUT2D eigenvalue weighted by atomic mass is 32.2. The smallest absolute Gasteiger partial charge is 0.147 e. The van der Waals surface area contributed by atoms with Crippen LogP contribution in [0.5, 0.6) is 0 Å². The molecule has 0 N–H and O–H groups in total. The van der Waals surface area contributed by atoms with Crippen molar-refractivity contribution < 1.29 is 4.74 Å². The zero-order chi connectivity index (χ0) is 21.4. The minimum absolute atomic E-state index is 1.000. The Morgan fingerprint density at radius 2 is 2.03 bits per heavy atom. The highest BCUT2D eigenvalue weighted by Gasteiger charge is 2.24. The summed E-state index contributed by atoms with van der Waals surface area (Å²) in [6.45, 7) is 10.8. The number of nitrogens with zero attached hydrogens (tertiary/aromatic N) is 3. The van der Waals surface area contributed by atoms with Crippen LogP contribution in [0.4, 0.5) is 0 Å². The van der Waals surface area contributed by atoms with Gasteiger partial charge in [0.2, 0.25) is 0 Å². The molecule has 0 atom stereocenters. The van der Waals surface area contributed by atoms with E-state index in [2.05, 4.69) is 60.8 Å². The molecule has 0 fully saturated rings. The number of rotatable bonds is 5. The van der Waals surface area contributed by atoms with E-state index in [4.69, 9.17) is 4.98 Å². The fraction of sp³-hybridized carbons (Fsp3) is 0.417. The van der Waals surface area contributed by atoms with E-state index < -0.39 is 0 Å². The van der Waals surface area contributed by atoms with Crippen molar-refractivity contribution in [3.8, 4) is 0 Å². The molecule has 0 aliphatic heterocycles. The summed E-state index contributed by atoms with van der Waals surface area (Å²) in [6, 6.07) is 4.00. The van der Waals surface area contributed by atoms with Gasteiger partial charge in [-0.15, -0.1) is 0 Å². The molecule has 0 bridgehead atoms. The van der Waals surface area contributed by atoms with E-state index in [9.17, 15) is 0 Å². The molecule has 1 aliphatic rings. The lowest BCUT2D eigenvalue weighted by molar-refractivity contribution is 0.277. The second-order valence-electron chi connectivity index (χ2n) is 7.29. The molecule has 0 aromatic carbocycles. The van der Waals surface area contributed by atoms with Gasteiger partial charge in [0, 0.05) is 49.8 Å². The maximum Gasteiger partial charge on any atom is 0.147 e. The lowest BCUT2D eigenvalue weighted by Gasteiger charge is -2.15. The maximum absolute atomic E-state index is 5.08. The Balaban J connectivity index is 0.000000941. The van der Waals surface area contributed by atoms with Crippen molar-refractivity contribution in [1.29, 1.82) is 0 Å². The first-order valence-corrected chi connectivity index (χ1v) is 10.9. The van der Waals surface area contributed by atoms with Crippen LogP contribution in [0.1, 0.15) is 62.8 Å². The van der Waals surface area contributed by atoms with Gasteiger partial charge in [0.1, 0.15) is 5.82 Å². The Bertz CT molecular complexity index is 890. The van der Waals surface area contributed by atoms with E-state index in [-0.39, 0.29) is 0 Å². The Morgan fingerprint density at radius 1 is 1.31 bits per heavy atom. The SMILES string of the molecule is C=C(SC(=C(C)C)c1nc2c(n1C)CCC/C2=C/CC)c1cccnc1.COC. The lowest BCUT2D eigenvalue weighted by atomic mass is 9.95. The molecule has 0 saturated carbocycles. The molecule has 29 heavy (non-hydrogen) atoms. The number of pyridine rings is 1. The molecule has 156 valence electrons. The van der Waals surface area contributed by atoms with Crippen LogP contribution in [0.25, 0.3) is 15.4 Å². The van der Waals surface area contributed by atoms with Crippen LogP contribution >= 0.6 is 11.8 Å². The minimum Gasteiger partial charge on any atom is -0.388 e. The third kappa shape index (κ3) is 5.71. The van der Waals surface area contributed by atoms with E-state index in [0.29, 0.717) is 0 Å². The first-order chi connectivity index (χ1) is 13.9. The minimum atomic E-state index is 1.000. The summed E-state index contributed by atoms with van der Waals surface area (Å²) in [5.41, 5.74) is 6.27. The highest BCUT2D eigenvalue weighted by molar-refractivity contribution is 8.16. The molecule has 0 radical (unpaired) electrons. The highest BCUT2D eigenvalue weighted by Crippen LogP contribution is 2.41. The predicted octanol–water partition coefficient (Wildman–Crippen LogP) is 6.36. The standard InChI is InChI=1S/C22H27N3S.C2H6O/c1-6-9-17-10-7-12-19-20(17)24-22(25(19)5)21(15(2)3)26-16(4)18-11-8-13-23-14-18;1-3-2/h8-9,11,13-14H,4,6-7,10,12H2,1-3,5H3;1-2H3/b17-9-;. The van der Waals surface area contributed by atoms with Gasteiger partial charge in [0.15, 0.2) is 0 Å². The van der Waals surface area contributed by atoms with Gasteiger partial charge in [-0.2, -0.15) is 0 Å². The van der Waals surface area contributed by atoms with Crippen LogP contribution < -0.4 is 0 Å². The van der Waals surface area contributed by atoms with Crippen molar-refractivity contribution in [3.63, 3.8) is 0 Å². The molecule has 0 spiro atoms. The van der Waals surface area contributed by atoms with Crippen molar-refractivity contribution in [2.24, 2.45) is 7.05 Å². The third-order valence-corrected chi connectivity index (χ3v) is 5.97. The number of allylic oxidation sites excluding steroid dienone is 3. The fourth-order valence-corrected chi connectivity index (χ4v) is 4.33. The van der Waals surface area contributed by atoms with Crippen LogP contribution in [0.3, 0.4) is 0 Å². The Hall–Kier alpha value is -2.11. The lowest BCUT2D eigenvalue weighted by Crippen LogP contribution is -2.06.